The lowest BCUT2D eigenvalue weighted by Crippen LogP contribution is -2.35. The summed E-state index contributed by atoms with van der Waals surface area (Å²) < 4.78 is 46.3. The fourth-order valence-corrected chi connectivity index (χ4v) is 4.19. The average Bonchev–Trinajstić information content (AvgIpc) is 3.31. The van der Waals surface area contributed by atoms with Gasteiger partial charge in [-0.05, 0) is 36.2 Å². The number of rotatable bonds is 10. The predicted octanol–water partition coefficient (Wildman–Crippen LogP) is 5.67. The van der Waals surface area contributed by atoms with Crippen LogP contribution in [0.15, 0.2) is 60.7 Å². The summed E-state index contributed by atoms with van der Waals surface area (Å²) in [5.74, 6) is 2.91. The molecule has 37 heavy (non-hydrogen) atoms. The summed E-state index contributed by atoms with van der Waals surface area (Å²) in [6.07, 6.45) is -4.77. The molecule has 3 N–H and O–H groups in total. The van der Waals surface area contributed by atoms with E-state index in [9.17, 15) is 22.8 Å². The van der Waals surface area contributed by atoms with E-state index >= 15 is 0 Å². The minimum atomic E-state index is -4.46. The Hall–Kier alpha value is -3.81. The molecule has 1 aromatic heterocycles. The lowest BCUT2D eigenvalue weighted by Gasteiger charge is -2.15. The van der Waals surface area contributed by atoms with Crippen molar-refractivity contribution in [2.75, 3.05) is 6.54 Å². The van der Waals surface area contributed by atoms with Crippen molar-refractivity contribution in [2.24, 2.45) is 5.41 Å². The van der Waals surface area contributed by atoms with Crippen LogP contribution in [0.3, 0.4) is 0 Å². The highest BCUT2D eigenvalue weighted by atomic mass is 32.1. The summed E-state index contributed by atoms with van der Waals surface area (Å²) in [7, 11) is 0. The van der Waals surface area contributed by atoms with Crippen LogP contribution in [0.4, 0.5) is 13.2 Å². The largest absolute Gasteiger partial charge is 0.488 e. The van der Waals surface area contributed by atoms with Gasteiger partial charge in [0.15, 0.2) is 5.41 Å². The zero-order chi connectivity index (χ0) is 27.1. The van der Waals surface area contributed by atoms with E-state index in [-0.39, 0.29) is 25.1 Å². The van der Waals surface area contributed by atoms with E-state index in [1.54, 1.807) is 54.6 Å². The first-order valence-corrected chi connectivity index (χ1v) is 11.9. The number of hydrogen-bond donors (Lipinski definition) is 3. The summed E-state index contributed by atoms with van der Waals surface area (Å²) in [5, 5.41) is 21.2. The summed E-state index contributed by atoms with van der Waals surface area (Å²) >= 11 is 0.668. The third-order valence-corrected chi connectivity index (χ3v) is 6.64. The Labute approximate surface area is 215 Å². The van der Waals surface area contributed by atoms with Crippen LogP contribution in [0.2, 0.25) is 0 Å². The lowest BCUT2D eigenvalue weighted by molar-refractivity contribution is -0.162. The first-order valence-electron chi connectivity index (χ1n) is 11.1. The number of carboxylic acids is 2. The highest BCUT2D eigenvalue weighted by Gasteiger charge is 2.40. The maximum Gasteiger partial charge on any atom is 0.426 e. The number of carboxylic acid groups (broad SMARTS) is 2. The second-order valence-corrected chi connectivity index (χ2v) is 9.46. The van der Waals surface area contributed by atoms with Crippen molar-refractivity contribution in [3.05, 3.63) is 76.0 Å². The van der Waals surface area contributed by atoms with Gasteiger partial charge >= 0.3 is 18.1 Å². The predicted molar refractivity (Wildman–Crippen MR) is 133 cm³/mol. The van der Waals surface area contributed by atoms with Gasteiger partial charge in [0.1, 0.15) is 17.2 Å². The van der Waals surface area contributed by atoms with Crippen molar-refractivity contribution in [1.29, 1.82) is 0 Å². The van der Waals surface area contributed by atoms with E-state index < -0.39 is 28.4 Å². The maximum atomic E-state index is 13.5. The summed E-state index contributed by atoms with van der Waals surface area (Å²) in [6.45, 7) is 1.79. The Bertz CT molecular complexity index is 1280. The number of nitrogens with one attached hydrogen (secondary N) is 1. The van der Waals surface area contributed by atoms with Crippen LogP contribution in [0.5, 0.6) is 5.75 Å². The van der Waals surface area contributed by atoms with E-state index in [1.165, 1.54) is 6.07 Å². The molecule has 0 bridgehead atoms. The maximum absolute atomic E-state index is 13.5. The van der Waals surface area contributed by atoms with Crippen molar-refractivity contribution in [3.8, 4) is 28.7 Å². The van der Waals surface area contributed by atoms with Crippen molar-refractivity contribution in [3.63, 3.8) is 0 Å². The molecule has 1 heterocycles. The minimum Gasteiger partial charge on any atom is -0.488 e. The molecule has 0 aliphatic heterocycles. The van der Waals surface area contributed by atoms with E-state index in [2.05, 4.69) is 17.2 Å². The van der Waals surface area contributed by atoms with Crippen LogP contribution >= 0.6 is 11.3 Å². The first kappa shape index (κ1) is 27.8. The average molecular weight is 532 g/mol. The fourth-order valence-electron chi connectivity index (χ4n) is 3.23. The highest BCUT2D eigenvalue weighted by molar-refractivity contribution is 7.12. The van der Waals surface area contributed by atoms with Gasteiger partial charge in [0.25, 0.3) is 0 Å². The SMILES string of the molecule is CC(CC#CCNCc1ccc(OCc2cc(-c3ccccc3)c(C(F)(F)F)s2)cc1)(C(=O)O)C(=O)O. The van der Waals surface area contributed by atoms with Gasteiger partial charge in [-0.3, -0.25) is 9.59 Å². The zero-order valence-corrected chi connectivity index (χ0v) is 20.6. The van der Waals surface area contributed by atoms with E-state index in [0.717, 1.165) is 12.5 Å². The number of benzene rings is 2. The van der Waals surface area contributed by atoms with E-state index in [4.69, 9.17) is 14.9 Å². The third kappa shape index (κ3) is 7.35. The molecule has 0 saturated carbocycles. The molecule has 0 spiro atoms. The lowest BCUT2D eigenvalue weighted by atomic mass is 9.87. The molecule has 3 aromatic rings. The monoisotopic (exact) mass is 531 g/mol. The zero-order valence-electron chi connectivity index (χ0n) is 19.8. The number of carbonyl (C=O) groups is 2. The van der Waals surface area contributed by atoms with Crippen LogP contribution in [0.1, 0.15) is 28.7 Å². The van der Waals surface area contributed by atoms with Crippen LogP contribution in [-0.2, 0) is 28.9 Å². The molecule has 0 aliphatic rings. The first-order chi connectivity index (χ1) is 17.5. The van der Waals surface area contributed by atoms with E-state index in [1.807, 2.05) is 0 Å². The fraction of sp³-hybridized carbons (Fsp3) is 0.259. The van der Waals surface area contributed by atoms with Crippen molar-refractivity contribution < 1.29 is 37.7 Å². The van der Waals surface area contributed by atoms with Gasteiger partial charge in [0.05, 0.1) is 6.54 Å². The van der Waals surface area contributed by atoms with Gasteiger partial charge in [-0.2, -0.15) is 13.2 Å². The number of ether oxygens (including phenoxy) is 1. The van der Waals surface area contributed by atoms with E-state index in [0.29, 0.717) is 34.1 Å². The van der Waals surface area contributed by atoms with Gasteiger partial charge in [-0.1, -0.05) is 48.4 Å². The van der Waals surface area contributed by atoms with Crippen LogP contribution < -0.4 is 10.1 Å². The number of thiophene rings is 1. The second kappa shape index (κ2) is 12.0. The molecule has 10 heteroatoms. The Morgan fingerprint density at radius 1 is 1.00 bits per heavy atom. The molecule has 0 amide bonds. The van der Waals surface area contributed by atoms with Gasteiger partial charge < -0.3 is 20.3 Å². The highest BCUT2D eigenvalue weighted by Crippen LogP contribution is 2.43. The van der Waals surface area contributed by atoms with Gasteiger partial charge in [-0.15, -0.1) is 17.3 Å². The molecule has 0 radical (unpaired) electrons. The molecule has 0 fully saturated rings. The smallest absolute Gasteiger partial charge is 0.426 e. The number of hydrogen-bond acceptors (Lipinski definition) is 5. The summed E-state index contributed by atoms with van der Waals surface area (Å²) in [6, 6.07) is 17.0. The molecule has 0 aliphatic carbocycles. The van der Waals surface area contributed by atoms with Crippen molar-refractivity contribution in [2.45, 2.75) is 32.7 Å². The normalized spacial score (nSPS) is 11.5. The minimum absolute atomic E-state index is 0.000623. The van der Waals surface area contributed by atoms with Gasteiger partial charge in [-0.25, -0.2) is 0 Å². The molecule has 0 atom stereocenters. The molecular weight excluding hydrogens is 507 g/mol. The Balaban J connectivity index is 1.53. The molecule has 194 valence electrons. The third-order valence-electron chi connectivity index (χ3n) is 5.48. The molecule has 0 saturated heterocycles. The van der Waals surface area contributed by atoms with Gasteiger partial charge in [0.2, 0.25) is 0 Å². The second-order valence-electron chi connectivity index (χ2n) is 8.33. The topological polar surface area (TPSA) is 95.9 Å². The van der Waals surface area contributed by atoms with Crippen molar-refractivity contribution >= 4 is 23.3 Å². The van der Waals surface area contributed by atoms with Crippen molar-refractivity contribution in [1.82, 2.24) is 5.32 Å². The van der Waals surface area contributed by atoms with Crippen LogP contribution in [0.25, 0.3) is 11.1 Å². The quantitative estimate of drug-likeness (QED) is 0.177. The Morgan fingerprint density at radius 3 is 2.24 bits per heavy atom. The number of aliphatic carboxylic acids is 2. The molecular formula is C27H24F3NO5S. The molecule has 2 aromatic carbocycles. The summed E-state index contributed by atoms with van der Waals surface area (Å²) in [4.78, 5) is 22.0. The Kier molecular flexibility index (Phi) is 8.97. The molecule has 6 nitrogen and oxygen atoms in total. The van der Waals surface area contributed by atoms with Gasteiger partial charge in [0, 0.05) is 23.4 Å². The Morgan fingerprint density at radius 2 is 1.65 bits per heavy atom. The standard InChI is InChI=1S/C27H24F3NO5S/c1-26(24(32)33,25(34)35)13-5-6-14-31-16-18-9-11-20(12-10-18)36-17-21-15-22(19-7-3-2-4-8-19)23(37-21)27(28,29)30/h2-4,7-12,15,31H,13-14,16-17H2,1H3,(H,32,33)(H,34,35). The number of halogens is 3. The van der Waals surface area contributed by atoms with Crippen LogP contribution in [0, 0.1) is 17.3 Å². The summed E-state index contributed by atoms with van der Waals surface area (Å²) in [5.41, 5.74) is -0.422. The molecule has 3 rings (SSSR count). The van der Waals surface area contributed by atoms with Crippen LogP contribution in [-0.4, -0.2) is 28.7 Å². The number of alkyl halides is 3. The molecule has 0 unspecified atom stereocenters.